The van der Waals surface area contributed by atoms with Crippen LogP contribution in [0.15, 0.2) is 180 Å². The molecule has 349 valence electrons. The fraction of sp³-hybridized carbons (Fsp3) is 0.194. The van der Waals surface area contributed by atoms with E-state index in [9.17, 15) is 0 Å². The van der Waals surface area contributed by atoms with Gasteiger partial charge in [-0.3, -0.25) is 0 Å². The largest absolute Gasteiger partial charge is 0.469 e. The number of fused-ring (bicyclic) bond motifs is 13. The van der Waals surface area contributed by atoms with Crippen LogP contribution >= 0.6 is 0 Å². The zero-order chi connectivity index (χ0) is 48.5. The Morgan fingerprint density at radius 2 is 1.24 bits per heavy atom. The van der Waals surface area contributed by atoms with Crippen LogP contribution in [0.4, 0.5) is 11.4 Å². The van der Waals surface area contributed by atoms with Crippen molar-refractivity contribution in [2.45, 2.75) is 84.0 Å². The van der Waals surface area contributed by atoms with Gasteiger partial charge in [0.2, 0.25) is 7.28 Å². The lowest BCUT2D eigenvalue weighted by molar-refractivity contribution is 0.332. The molecular weight excluding hydrogens is 874 g/mol. The first-order valence-electron chi connectivity index (χ1n) is 26.2. The molecule has 1 aliphatic carbocycles. The van der Waals surface area contributed by atoms with Gasteiger partial charge < -0.3 is 18.9 Å². The van der Waals surface area contributed by atoms with E-state index in [2.05, 4.69) is 232 Å². The highest BCUT2D eigenvalue weighted by Gasteiger charge is 2.39. The fourth-order valence-electron chi connectivity index (χ4n) is 12.7. The predicted octanol–water partition coefficient (Wildman–Crippen LogP) is 16.9. The molecule has 4 heterocycles. The number of hydrogen-bond acceptors (Lipinski definition) is 2. The van der Waals surface area contributed by atoms with Gasteiger partial charge in [-0.25, -0.2) is 0 Å². The van der Waals surface area contributed by atoms with Crippen LogP contribution in [0.25, 0.3) is 99.0 Å². The first-order chi connectivity index (χ1) is 35.1. The number of para-hydroxylation sites is 2. The summed E-state index contributed by atoms with van der Waals surface area (Å²) in [5.41, 5.74) is 21.0. The minimum absolute atomic E-state index is 0.0106. The third-order valence-electron chi connectivity index (χ3n) is 16.6. The summed E-state index contributed by atoms with van der Waals surface area (Å²) < 4.78 is 12.2. The van der Waals surface area contributed by atoms with Gasteiger partial charge in [0, 0.05) is 43.9 Å². The number of benzene rings is 9. The van der Waals surface area contributed by atoms with Crippen molar-refractivity contribution in [1.82, 2.24) is 9.13 Å². The Kier molecular flexibility index (Phi) is 9.65. The molecule has 14 rings (SSSR count). The SMILES string of the molecule is CCCCCc1ccc(Nc2cc3c(cc2-c2cc(-n4c5ccccc5c5ccccc54)c4c5c6ccccc6ccc5n5c4c2[B]c2oc4ccc(-c6ccccc6)cc4c2-5)C(C)(C)CCC3(C)C)cc1. The molecule has 0 spiro atoms. The predicted molar refractivity (Wildman–Crippen MR) is 307 cm³/mol. The number of nitrogens with zero attached hydrogens (tertiary/aromatic N) is 2. The van der Waals surface area contributed by atoms with Crippen LogP contribution in [0, 0.1) is 0 Å². The number of aryl methyl sites for hydroxylation is 1. The van der Waals surface area contributed by atoms with Crippen LogP contribution in [0.5, 0.6) is 0 Å². The van der Waals surface area contributed by atoms with Crippen LogP contribution in [-0.4, -0.2) is 16.4 Å². The van der Waals surface area contributed by atoms with Crippen molar-refractivity contribution in [1.29, 1.82) is 0 Å². The number of furan rings is 1. The third kappa shape index (κ3) is 6.52. The molecule has 9 aromatic carbocycles. The van der Waals surface area contributed by atoms with Gasteiger partial charge in [0.15, 0.2) is 0 Å². The van der Waals surface area contributed by atoms with Crippen molar-refractivity contribution in [2.24, 2.45) is 0 Å². The van der Waals surface area contributed by atoms with Crippen LogP contribution in [0.2, 0.25) is 0 Å². The van der Waals surface area contributed by atoms with Crippen molar-refractivity contribution in [3.63, 3.8) is 0 Å². The molecule has 4 nitrogen and oxygen atoms in total. The van der Waals surface area contributed by atoms with Gasteiger partial charge in [-0.2, -0.15) is 0 Å². The Morgan fingerprint density at radius 1 is 0.556 bits per heavy atom. The summed E-state index contributed by atoms with van der Waals surface area (Å²) in [5.74, 6) is 0. The molecule has 0 fully saturated rings. The Bertz CT molecular complexity index is 4110. The molecule has 2 aliphatic rings. The molecule has 5 heteroatoms. The van der Waals surface area contributed by atoms with Gasteiger partial charge in [-0.15, -0.1) is 0 Å². The number of hydrogen-bond donors (Lipinski definition) is 1. The van der Waals surface area contributed by atoms with Gasteiger partial charge in [-0.1, -0.05) is 163 Å². The number of anilines is 2. The molecule has 0 saturated heterocycles. The Balaban J connectivity index is 1.14. The molecule has 0 atom stereocenters. The average Bonchev–Trinajstić information content (AvgIpc) is 4.07. The maximum Gasteiger partial charge on any atom is 0.247 e. The highest BCUT2D eigenvalue weighted by atomic mass is 16.3. The van der Waals surface area contributed by atoms with E-state index in [0.29, 0.717) is 0 Å². The van der Waals surface area contributed by atoms with Gasteiger partial charge in [0.05, 0.1) is 39.1 Å². The van der Waals surface area contributed by atoms with E-state index in [0.717, 1.165) is 69.6 Å². The van der Waals surface area contributed by atoms with E-state index in [-0.39, 0.29) is 10.8 Å². The quantitative estimate of drug-likeness (QED) is 0.116. The number of nitrogens with one attached hydrogen (secondary N) is 1. The summed E-state index contributed by atoms with van der Waals surface area (Å²) in [6, 6.07) is 65.8. The second-order valence-corrected chi connectivity index (χ2v) is 22.0. The molecule has 1 N–H and O–H groups in total. The molecule has 12 aromatic rings. The second-order valence-electron chi connectivity index (χ2n) is 22.0. The van der Waals surface area contributed by atoms with Gasteiger partial charge in [0.1, 0.15) is 5.58 Å². The molecule has 0 saturated carbocycles. The lowest BCUT2D eigenvalue weighted by Crippen LogP contribution is -2.37. The zero-order valence-electron chi connectivity index (χ0n) is 41.9. The normalized spacial score (nSPS) is 14.6. The summed E-state index contributed by atoms with van der Waals surface area (Å²) in [4.78, 5) is 0. The topological polar surface area (TPSA) is 35.0 Å². The van der Waals surface area contributed by atoms with Crippen LogP contribution in [0.1, 0.15) is 83.4 Å². The molecule has 3 aromatic heterocycles. The van der Waals surface area contributed by atoms with Gasteiger partial charge in [-0.05, 0) is 147 Å². The molecular formula is C67H57BN3O. The van der Waals surface area contributed by atoms with Crippen molar-refractivity contribution < 1.29 is 4.42 Å². The minimum atomic E-state index is -0.0187. The average molecular weight is 931 g/mol. The van der Waals surface area contributed by atoms with E-state index < -0.39 is 0 Å². The van der Waals surface area contributed by atoms with Crippen molar-refractivity contribution >= 4 is 95.1 Å². The third-order valence-corrected chi connectivity index (χ3v) is 16.6. The summed E-state index contributed by atoms with van der Waals surface area (Å²) in [7, 11) is 2.37. The second kappa shape index (κ2) is 16.1. The highest BCUT2D eigenvalue weighted by molar-refractivity contribution is 6.73. The Hall–Kier alpha value is -7.76. The van der Waals surface area contributed by atoms with Crippen molar-refractivity contribution in [3.8, 4) is 33.6 Å². The first kappa shape index (κ1) is 43.1. The van der Waals surface area contributed by atoms with Crippen LogP contribution < -0.4 is 16.4 Å². The summed E-state index contributed by atoms with van der Waals surface area (Å²) in [5, 5.41) is 12.6. The van der Waals surface area contributed by atoms with E-state index in [4.69, 9.17) is 4.42 Å². The Morgan fingerprint density at radius 3 is 1.97 bits per heavy atom. The standard InChI is InChI=1S/C67H57BN3O/c1-6-7-9-18-41-27-31-45(32-28-41)69-54-40-53-52(66(2,3)35-36-67(53,4)5)38-49(54)50-39-58(70-55-25-16-14-23-47(55)48-24-15-17-26-56(48)70)61-60-46-22-13-12-21-43(46)29-33-57(60)71-63-51-37-44(42-19-10-8-11-20-42)30-34-59(51)72-65(63)68-62(50)64(61)71/h8,10-17,19-34,37-40,69H,6-7,9,18,35-36H2,1-5H3. The first-order valence-corrected chi connectivity index (χ1v) is 26.2. The van der Waals surface area contributed by atoms with Gasteiger partial charge >= 0.3 is 0 Å². The molecule has 0 bridgehead atoms. The lowest BCUT2D eigenvalue weighted by Gasteiger charge is -2.42. The summed E-state index contributed by atoms with van der Waals surface area (Å²) >= 11 is 0. The fourth-order valence-corrected chi connectivity index (χ4v) is 12.7. The van der Waals surface area contributed by atoms with E-state index in [1.807, 2.05) is 0 Å². The highest BCUT2D eigenvalue weighted by Crippen LogP contribution is 2.51. The maximum atomic E-state index is 7.11. The van der Waals surface area contributed by atoms with E-state index >= 15 is 0 Å². The maximum absolute atomic E-state index is 7.11. The van der Waals surface area contributed by atoms with Crippen molar-refractivity contribution in [3.05, 3.63) is 193 Å². The molecule has 72 heavy (non-hydrogen) atoms. The number of rotatable bonds is 9. The number of unbranched alkanes of at least 4 members (excludes halogenated alkanes) is 2. The lowest BCUT2D eigenvalue weighted by atomic mass is 9.60. The smallest absolute Gasteiger partial charge is 0.247 e. The molecule has 1 aliphatic heterocycles. The molecule has 1 radical (unpaired) electrons. The van der Waals surface area contributed by atoms with Crippen LogP contribution in [0.3, 0.4) is 0 Å². The van der Waals surface area contributed by atoms with E-state index in [1.165, 1.54) is 107 Å². The Labute approximate surface area is 422 Å². The van der Waals surface area contributed by atoms with Crippen LogP contribution in [-0.2, 0) is 17.3 Å². The zero-order valence-corrected chi connectivity index (χ0v) is 41.9. The number of aromatic nitrogens is 2. The summed E-state index contributed by atoms with van der Waals surface area (Å²) in [6.07, 6.45) is 7.06. The van der Waals surface area contributed by atoms with Crippen molar-refractivity contribution in [2.75, 3.05) is 5.32 Å². The van der Waals surface area contributed by atoms with Gasteiger partial charge in [0.25, 0.3) is 0 Å². The molecule has 0 amide bonds. The minimum Gasteiger partial charge on any atom is -0.469 e. The molecule has 0 unspecified atom stereocenters. The summed E-state index contributed by atoms with van der Waals surface area (Å²) in [6.45, 7) is 12.1. The van der Waals surface area contributed by atoms with E-state index in [1.54, 1.807) is 0 Å². The monoisotopic (exact) mass is 930 g/mol.